The van der Waals surface area contributed by atoms with E-state index >= 15 is 0 Å². The number of aryl methyl sites for hydroxylation is 1. The lowest BCUT2D eigenvalue weighted by Gasteiger charge is -2.31. The highest BCUT2D eigenvalue weighted by atomic mass is 32.1. The van der Waals surface area contributed by atoms with Gasteiger partial charge in [-0.1, -0.05) is 0 Å². The summed E-state index contributed by atoms with van der Waals surface area (Å²) in [6.45, 7) is 3.07. The lowest BCUT2D eigenvalue weighted by molar-refractivity contribution is 0.0597. The maximum absolute atomic E-state index is 12.6. The first kappa shape index (κ1) is 21.1. The molecule has 4 rings (SSSR count). The highest BCUT2D eigenvalue weighted by Crippen LogP contribution is 2.43. The molecule has 1 aromatic carbocycles. The highest BCUT2D eigenvalue weighted by molar-refractivity contribution is 7.07. The second-order valence-electron chi connectivity index (χ2n) is 7.03. The first-order valence-electron chi connectivity index (χ1n) is 9.69. The van der Waals surface area contributed by atoms with Crippen LogP contribution < -0.4 is 14.9 Å². The zero-order valence-electron chi connectivity index (χ0n) is 17.4. The molecule has 0 N–H and O–H groups in total. The number of carbonyl (C=O) groups excluding carboxylic acids is 1. The Kier molecular flexibility index (Phi) is 6.06. The normalized spacial score (nSPS) is 14.4. The number of methoxy groups -OCH3 is 2. The summed E-state index contributed by atoms with van der Waals surface area (Å²) in [5.41, 5.74) is 4.17. The largest absolute Gasteiger partial charge is 0.493 e. The number of pyridine rings is 1. The van der Waals surface area contributed by atoms with E-state index < -0.39 is 17.6 Å². The Morgan fingerprint density at radius 3 is 2.81 bits per heavy atom. The van der Waals surface area contributed by atoms with E-state index in [4.69, 9.17) is 18.9 Å². The molecule has 0 aliphatic carbocycles. The first-order valence-corrected chi connectivity index (χ1v) is 10.6. The van der Waals surface area contributed by atoms with Crippen molar-refractivity contribution < 1.29 is 23.7 Å². The Balaban J connectivity index is 1.81. The third-order valence-corrected chi connectivity index (χ3v) is 5.59. The fourth-order valence-corrected chi connectivity index (χ4v) is 4.01. The van der Waals surface area contributed by atoms with Crippen molar-refractivity contribution in [3.8, 4) is 22.8 Å². The van der Waals surface area contributed by atoms with Gasteiger partial charge >= 0.3 is 5.97 Å². The summed E-state index contributed by atoms with van der Waals surface area (Å²) in [4.78, 5) is 29.1. The van der Waals surface area contributed by atoms with Gasteiger partial charge < -0.3 is 23.5 Å². The molecule has 0 saturated heterocycles. The van der Waals surface area contributed by atoms with Crippen LogP contribution in [0.25, 0.3) is 11.3 Å². The Labute approximate surface area is 183 Å². The molecular formula is C22H22N2O6S. The minimum atomic E-state index is -0.695. The van der Waals surface area contributed by atoms with Crippen LogP contribution >= 0.6 is 11.3 Å². The predicted octanol–water partition coefficient (Wildman–Crippen LogP) is 3.42. The van der Waals surface area contributed by atoms with Crippen molar-refractivity contribution >= 4 is 17.3 Å². The van der Waals surface area contributed by atoms with Crippen molar-refractivity contribution in [2.75, 3.05) is 27.4 Å². The predicted molar refractivity (Wildman–Crippen MR) is 115 cm³/mol. The topological polar surface area (TPSA) is 88.9 Å². The zero-order valence-corrected chi connectivity index (χ0v) is 18.2. The van der Waals surface area contributed by atoms with Gasteiger partial charge in [-0.05, 0) is 18.6 Å². The first-order chi connectivity index (χ1) is 15.0. The van der Waals surface area contributed by atoms with Gasteiger partial charge in [0, 0.05) is 49.4 Å². The van der Waals surface area contributed by atoms with Crippen LogP contribution in [0.1, 0.15) is 34.3 Å². The third kappa shape index (κ3) is 4.06. The van der Waals surface area contributed by atoms with Crippen molar-refractivity contribution in [1.82, 2.24) is 9.55 Å². The summed E-state index contributed by atoms with van der Waals surface area (Å²) in [7, 11) is 2.90. The average molecular weight is 442 g/mol. The minimum absolute atomic E-state index is 0.0617. The number of benzene rings is 1. The van der Waals surface area contributed by atoms with E-state index in [1.54, 1.807) is 17.2 Å². The number of hydrogen-bond donors (Lipinski definition) is 0. The summed E-state index contributed by atoms with van der Waals surface area (Å²) in [5.74, 6) is 0.587. The van der Waals surface area contributed by atoms with E-state index in [9.17, 15) is 9.59 Å². The maximum Gasteiger partial charge on any atom is 0.343 e. The molecule has 0 saturated carbocycles. The van der Waals surface area contributed by atoms with Crippen LogP contribution in [0.5, 0.6) is 11.5 Å². The van der Waals surface area contributed by atoms with E-state index in [-0.39, 0.29) is 5.56 Å². The molecule has 3 heterocycles. The van der Waals surface area contributed by atoms with E-state index in [0.29, 0.717) is 36.1 Å². The molecule has 3 aromatic rings. The number of hydrogen-bond acceptors (Lipinski definition) is 8. The number of aromatic nitrogens is 2. The van der Waals surface area contributed by atoms with Gasteiger partial charge in [-0.15, -0.1) is 11.3 Å². The van der Waals surface area contributed by atoms with Crippen LogP contribution in [0.15, 0.2) is 40.1 Å². The number of esters is 1. The van der Waals surface area contributed by atoms with Crippen LogP contribution in [-0.2, 0) is 9.47 Å². The molecule has 0 bridgehead atoms. The van der Waals surface area contributed by atoms with Gasteiger partial charge in [0.25, 0.3) is 0 Å². The monoisotopic (exact) mass is 442 g/mol. The van der Waals surface area contributed by atoms with Crippen LogP contribution in [0.4, 0.5) is 0 Å². The molecule has 0 unspecified atom stereocenters. The Hall–Kier alpha value is -3.17. The Bertz CT molecular complexity index is 1160. The summed E-state index contributed by atoms with van der Waals surface area (Å²) in [6, 6.07) is 5.19. The molecule has 8 nitrogen and oxygen atoms in total. The number of carbonyl (C=O) groups is 1. The second kappa shape index (κ2) is 8.91. The van der Waals surface area contributed by atoms with Crippen LogP contribution in [-0.4, -0.2) is 43.0 Å². The molecule has 2 aromatic heterocycles. The van der Waals surface area contributed by atoms with Crippen molar-refractivity contribution in [3.63, 3.8) is 0 Å². The van der Waals surface area contributed by atoms with Crippen molar-refractivity contribution in [1.29, 1.82) is 0 Å². The summed E-state index contributed by atoms with van der Waals surface area (Å²) in [6.07, 6.45) is 1.60. The highest BCUT2D eigenvalue weighted by Gasteiger charge is 2.30. The van der Waals surface area contributed by atoms with Crippen molar-refractivity contribution in [2.24, 2.45) is 0 Å². The quantitative estimate of drug-likeness (QED) is 0.409. The Morgan fingerprint density at radius 2 is 2.10 bits per heavy atom. The molecule has 0 amide bonds. The van der Waals surface area contributed by atoms with Gasteiger partial charge in [0.15, 0.2) is 5.43 Å². The lowest BCUT2D eigenvalue weighted by Crippen LogP contribution is -2.28. The van der Waals surface area contributed by atoms with Crippen molar-refractivity contribution in [3.05, 3.63) is 62.3 Å². The molecule has 0 fully saturated rings. The standard InChI is InChI=1S/C22H22N2O6S/c1-13-7-14-17-8-18(25)15(22(26)28-3)10-24(17)21(16-11-31-12-23-16)30-20(14)9-19(13)29-6-4-5-27-2/h7-12,21H,4-6H2,1-3H3/t21-/m0/s1. The minimum Gasteiger partial charge on any atom is -0.493 e. The number of rotatable bonds is 7. The van der Waals surface area contributed by atoms with Gasteiger partial charge in [-0.25, -0.2) is 9.78 Å². The number of fused-ring (bicyclic) bond motifs is 3. The van der Waals surface area contributed by atoms with E-state index in [1.807, 2.05) is 24.4 Å². The molecule has 1 aliphatic rings. The number of ether oxygens (including phenoxy) is 4. The molecule has 9 heteroatoms. The zero-order chi connectivity index (χ0) is 22.0. The van der Waals surface area contributed by atoms with Gasteiger partial charge in [-0.3, -0.25) is 4.79 Å². The number of nitrogens with zero attached hydrogens (tertiary/aromatic N) is 2. The maximum atomic E-state index is 12.6. The molecular weight excluding hydrogens is 420 g/mol. The molecule has 1 atom stereocenters. The van der Waals surface area contributed by atoms with E-state index in [2.05, 4.69) is 4.98 Å². The van der Waals surface area contributed by atoms with Crippen LogP contribution in [0, 0.1) is 6.92 Å². The van der Waals surface area contributed by atoms with E-state index in [1.165, 1.54) is 30.7 Å². The average Bonchev–Trinajstić information content (AvgIpc) is 3.30. The summed E-state index contributed by atoms with van der Waals surface area (Å²) < 4.78 is 23.8. The Morgan fingerprint density at radius 1 is 1.26 bits per heavy atom. The van der Waals surface area contributed by atoms with Gasteiger partial charge in [-0.2, -0.15) is 0 Å². The van der Waals surface area contributed by atoms with Gasteiger partial charge in [0.2, 0.25) is 6.23 Å². The summed E-state index contributed by atoms with van der Waals surface area (Å²) >= 11 is 1.43. The third-order valence-electron chi connectivity index (χ3n) is 4.98. The van der Waals surface area contributed by atoms with Crippen LogP contribution in [0.2, 0.25) is 0 Å². The summed E-state index contributed by atoms with van der Waals surface area (Å²) in [5, 5.41) is 1.87. The molecule has 1 aliphatic heterocycles. The fourth-order valence-electron chi connectivity index (χ4n) is 3.45. The molecule has 162 valence electrons. The fraction of sp³-hybridized carbons (Fsp3) is 0.318. The second-order valence-corrected chi connectivity index (χ2v) is 7.75. The molecule has 0 spiro atoms. The van der Waals surface area contributed by atoms with E-state index in [0.717, 1.165) is 17.5 Å². The van der Waals surface area contributed by atoms with Gasteiger partial charge in [0.1, 0.15) is 22.8 Å². The van der Waals surface area contributed by atoms with Crippen LogP contribution in [0.3, 0.4) is 0 Å². The smallest absolute Gasteiger partial charge is 0.343 e. The SMILES string of the molecule is COCCCOc1cc2c(cc1C)-c1cc(=O)c(C(=O)OC)cn1[C@H](c1cscn1)O2. The molecule has 0 radical (unpaired) electrons. The number of thiazole rings is 1. The van der Waals surface area contributed by atoms with Crippen molar-refractivity contribution in [2.45, 2.75) is 19.6 Å². The molecule has 31 heavy (non-hydrogen) atoms. The lowest BCUT2D eigenvalue weighted by atomic mass is 10.0. The van der Waals surface area contributed by atoms with Gasteiger partial charge in [0.05, 0.1) is 24.9 Å².